The molecule has 1 heterocycles. The predicted molar refractivity (Wildman–Crippen MR) is 54.4 cm³/mol. The lowest BCUT2D eigenvalue weighted by molar-refractivity contribution is -0.148. The standard InChI is InChI=1S/C9H13ClN2O2/c1-3-14-8(13)9(2)7(11)4-6(10)5-12-9/h4-5,12H,3,11H2,1-2H3. The number of dihydropyridines is 1. The largest absolute Gasteiger partial charge is 0.464 e. The number of esters is 1. The zero-order valence-corrected chi connectivity index (χ0v) is 8.89. The summed E-state index contributed by atoms with van der Waals surface area (Å²) >= 11 is 5.71. The van der Waals surface area contributed by atoms with E-state index in [-0.39, 0.29) is 0 Å². The molecule has 1 aliphatic rings. The van der Waals surface area contributed by atoms with E-state index >= 15 is 0 Å². The number of nitrogens with one attached hydrogen (secondary N) is 1. The Morgan fingerprint density at radius 1 is 1.79 bits per heavy atom. The minimum absolute atomic E-state index is 0.320. The van der Waals surface area contributed by atoms with Crippen LogP contribution in [0.25, 0.3) is 0 Å². The molecule has 4 nitrogen and oxygen atoms in total. The molecule has 0 radical (unpaired) electrons. The molecule has 1 unspecified atom stereocenters. The number of carbonyl (C=O) groups is 1. The van der Waals surface area contributed by atoms with Gasteiger partial charge in [0.15, 0.2) is 5.54 Å². The third-order valence-electron chi connectivity index (χ3n) is 2.05. The highest BCUT2D eigenvalue weighted by Gasteiger charge is 2.38. The highest BCUT2D eigenvalue weighted by atomic mass is 35.5. The molecule has 0 spiro atoms. The normalized spacial score (nSPS) is 25.9. The van der Waals surface area contributed by atoms with Crippen molar-refractivity contribution in [3.05, 3.63) is 23.0 Å². The van der Waals surface area contributed by atoms with E-state index in [2.05, 4.69) is 5.32 Å². The predicted octanol–water partition coefficient (Wildman–Crippen LogP) is 0.834. The van der Waals surface area contributed by atoms with Gasteiger partial charge in [0.1, 0.15) is 0 Å². The van der Waals surface area contributed by atoms with Crippen LogP contribution in [-0.2, 0) is 9.53 Å². The van der Waals surface area contributed by atoms with E-state index in [4.69, 9.17) is 22.1 Å². The van der Waals surface area contributed by atoms with Gasteiger partial charge in [0, 0.05) is 11.9 Å². The van der Waals surface area contributed by atoms with Crippen LogP contribution < -0.4 is 11.1 Å². The van der Waals surface area contributed by atoms with Gasteiger partial charge in [-0.15, -0.1) is 0 Å². The first kappa shape index (κ1) is 10.9. The number of rotatable bonds is 2. The van der Waals surface area contributed by atoms with Crippen LogP contribution in [0, 0.1) is 0 Å². The number of nitrogens with two attached hydrogens (primary N) is 1. The number of hydrogen-bond donors (Lipinski definition) is 2. The maximum Gasteiger partial charge on any atom is 0.337 e. The Morgan fingerprint density at radius 3 is 2.93 bits per heavy atom. The third kappa shape index (κ3) is 1.85. The fourth-order valence-corrected chi connectivity index (χ4v) is 1.26. The molecule has 0 saturated heterocycles. The summed E-state index contributed by atoms with van der Waals surface area (Å²) in [7, 11) is 0. The van der Waals surface area contributed by atoms with Crippen molar-refractivity contribution in [3.8, 4) is 0 Å². The fourth-order valence-electron chi connectivity index (χ4n) is 1.08. The molecule has 1 aliphatic heterocycles. The lowest BCUT2D eigenvalue weighted by atomic mass is 9.96. The van der Waals surface area contributed by atoms with Gasteiger partial charge in [0.2, 0.25) is 0 Å². The van der Waals surface area contributed by atoms with Crippen LogP contribution >= 0.6 is 11.6 Å². The molecule has 0 bridgehead atoms. The van der Waals surface area contributed by atoms with Crippen molar-refractivity contribution in [1.82, 2.24) is 5.32 Å². The van der Waals surface area contributed by atoms with Crippen molar-refractivity contribution in [2.24, 2.45) is 5.73 Å². The Balaban J connectivity index is 2.88. The number of halogens is 1. The second-order valence-corrected chi connectivity index (χ2v) is 3.56. The van der Waals surface area contributed by atoms with Gasteiger partial charge in [-0.25, -0.2) is 4.79 Å². The monoisotopic (exact) mass is 216 g/mol. The Morgan fingerprint density at radius 2 is 2.43 bits per heavy atom. The van der Waals surface area contributed by atoms with E-state index in [9.17, 15) is 4.79 Å². The first-order valence-corrected chi connectivity index (χ1v) is 4.66. The van der Waals surface area contributed by atoms with E-state index in [1.54, 1.807) is 13.8 Å². The van der Waals surface area contributed by atoms with Crippen molar-refractivity contribution >= 4 is 17.6 Å². The van der Waals surface area contributed by atoms with Crippen molar-refractivity contribution in [3.63, 3.8) is 0 Å². The average molecular weight is 217 g/mol. The Kier molecular flexibility index (Phi) is 3.06. The lowest BCUT2D eigenvalue weighted by Crippen LogP contribution is -2.53. The molecule has 0 aromatic rings. The maximum atomic E-state index is 11.6. The second-order valence-electron chi connectivity index (χ2n) is 3.12. The third-order valence-corrected chi connectivity index (χ3v) is 2.27. The number of allylic oxidation sites excluding steroid dienone is 2. The SMILES string of the molecule is CCOC(=O)C1(C)NC=C(Cl)C=C1N. The summed E-state index contributed by atoms with van der Waals surface area (Å²) < 4.78 is 4.90. The quantitative estimate of drug-likeness (QED) is 0.672. The van der Waals surface area contributed by atoms with E-state index in [0.717, 1.165) is 0 Å². The molecular weight excluding hydrogens is 204 g/mol. The summed E-state index contributed by atoms with van der Waals surface area (Å²) in [6, 6.07) is 0. The fraction of sp³-hybridized carbons (Fsp3) is 0.444. The summed E-state index contributed by atoms with van der Waals surface area (Å²) in [6.45, 7) is 3.71. The van der Waals surface area contributed by atoms with Gasteiger partial charge in [-0.05, 0) is 19.9 Å². The summed E-state index contributed by atoms with van der Waals surface area (Å²) in [4.78, 5) is 11.6. The average Bonchev–Trinajstić information content (AvgIpc) is 2.12. The molecule has 1 rings (SSSR count). The van der Waals surface area contributed by atoms with Gasteiger partial charge >= 0.3 is 5.97 Å². The number of ether oxygens (including phenoxy) is 1. The molecule has 0 fully saturated rings. The molecule has 0 saturated carbocycles. The molecule has 0 aromatic carbocycles. The van der Waals surface area contributed by atoms with Crippen molar-refractivity contribution in [2.75, 3.05) is 6.61 Å². The molecule has 5 heteroatoms. The van der Waals surface area contributed by atoms with Crippen LogP contribution in [0.5, 0.6) is 0 Å². The van der Waals surface area contributed by atoms with Gasteiger partial charge in [0.05, 0.1) is 11.6 Å². The minimum atomic E-state index is -1.01. The van der Waals surface area contributed by atoms with Crippen LogP contribution in [0.3, 0.4) is 0 Å². The van der Waals surface area contributed by atoms with Crippen molar-refractivity contribution < 1.29 is 9.53 Å². The van der Waals surface area contributed by atoms with Gasteiger partial charge in [-0.3, -0.25) is 0 Å². The van der Waals surface area contributed by atoms with E-state index in [0.29, 0.717) is 17.3 Å². The molecule has 3 N–H and O–H groups in total. The number of carbonyl (C=O) groups excluding carboxylic acids is 1. The van der Waals surface area contributed by atoms with Crippen LogP contribution in [0.2, 0.25) is 0 Å². The van der Waals surface area contributed by atoms with Crippen molar-refractivity contribution in [2.45, 2.75) is 19.4 Å². The Hall–Kier alpha value is -1.16. The highest BCUT2D eigenvalue weighted by molar-refractivity contribution is 6.31. The van der Waals surface area contributed by atoms with Crippen LogP contribution in [-0.4, -0.2) is 18.1 Å². The Labute approximate surface area is 87.7 Å². The molecule has 0 aliphatic carbocycles. The molecular formula is C9H13ClN2O2. The highest BCUT2D eigenvalue weighted by Crippen LogP contribution is 2.21. The van der Waals surface area contributed by atoms with Crippen molar-refractivity contribution in [1.29, 1.82) is 0 Å². The maximum absolute atomic E-state index is 11.6. The molecule has 1 atom stereocenters. The summed E-state index contributed by atoms with van der Waals surface area (Å²) in [6.07, 6.45) is 3.06. The van der Waals surface area contributed by atoms with Gasteiger partial charge in [0.25, 0.3) is 0 Å². The van der Waals surface area contributed by atoms with Gasteiger partial charge < -0.3 is 15.8 Å². The first-order valence-electron chi connectivity index (χ1n) is 4.29. The first-order chi connectivity index (χ1) is 6.50. The molecule has 14 heavy (non-hydrogen) atoms. The zero-order valence-electron chi connectivity index (χ0n) is 8.13. The van der Waals surface area contributed by atoms with E-state index in [1.807, 2.05) is 0 Å². The molecule has 0 amide bonds. The summed E-state index contributed by atoms with van der Waals surface area (Å²) in [5.74, 6) is -0.408. The van der Waals surface area contributed by atoms with Crippen LogP contribution in [0.15, 0.2) is 23.0 Å². The lowest BCUT2D eigenvalue weighted by Gasteiger charge is -2.30. The zero-order chi connectivity index (χ0) is 10.8. The Bertz CT molecular complexity index is 312. The molecule has 78 valence electrons. The smallest absolute Gasteiger partial charge is 0.337 e. The number of hydrogen-bond acceptors (Lipinski definition) is 4. The molecule has 0 aromatic heterocycles. The minimum Gasteiger partial charge on any atom is -0.464 e. The second kappa shape index (κ2) is 3.92. The van der Waals surface area contributed by atoms with Crippen LogP contribution in [0.4, 0.5) is 0 Å². The summed E-state index contributed by atoms with van der Waals surface area (Å²) in [5.41, 5.74) is 5.05. The van der Waals surface area contributed by atoms with E-state index in [1.165, 1.54) is 12.3 Å². The van der Waals surface area contributed by atoms with Crippen LogP contribution in [0.1, 0.15) is 13.8 Å². The van der Waals surface area contributed by atoms with E-state index < -0.39 is 11.5 Å². The summed E-state index contributed by atoms with van der Waals surface area (Å²) in [5, 5.41) is 3.28. The van der Waals surface area contributed by atoms with Gasteiger partial charge in [-0.1, -0.05) is 11.6 Å². The topological polar surface area (TPSA) is 64.3 Å². The van der Waals surface area contributed by atoms with Gasteiger partial charge in [-0.2, -0.15) is 0 Å².